The first-order valence-corrected chi connectivity index (χ1v) is 6.33. The van der Waals surface area contributed by atoms with E-state index in [1.165, 1.54) is 5.56 Å². The molecule has 1 aromatic carbocycles. The Morgan fingerprint density at radius 1 is 1.24 bits per heavy atom. The minimum absolute atomic E-state index is 0.258. The third-order valence-electron chi connectivity index (χ3n) is 2.85. The van der Waals surface area contributed by atoms with Crippen LogP contribution in [0.4, 0.5) is 0 Å². The highest BCUT2D eigenvalue weighted by molar-refractivity contribution is 5.29. The van der Waals surface area contributed by atoms with Gasteiger partial charge in [-0.3, -0.25) is 0 Å². The maximum Gasteiger partial charge on any atom is 0.119 e. The van der Waals surface area contributed by atoms with Crippen molar-refractivity contribution in [2.45, 2.75) is 38.8 Å². The summed E-state index contributed by atoms with van der Waals surface area (Å²) < 4.78 is 5.43. The van der Waals surface area contributed by atoms with E-state index in [1.807, 2.05) is 33.0 Å². The van der Waals surface area contributed by atoms with Crippen LogP contribution in [0.5, 0.6) is 5.75 Å². The normalized spacial score (nSPS) is 14.4. The number of nitrogens with one attached hydrogen (secondary N) is 1. The number of benzene rings is 1. The number of hydrogen-bond donors (Lipinski definition) is 2. The molecule has 0 heterocycles. The zero-order valence-corrected chi connectivity index (χ0v) is 11.1. The summed E-state index contributed by atoms with van der Waals surface area (Å²) >= 11 is 0. The Kier molecular flexibility index (Phi) is 6.01. The van der Waals surface area contributed by atoms with Gasteiger partial charge >= 0.3 is 0 Å². The van der Waals surface area contributed by atoms with Crippen molar-refractivity contribution < 1.29 is 4.74 Å². The van der Waals surface area contributed by atoms with E-state index in [9.17, 15) is 0 Å². The fraction of sp³-hybridized carbons (Fsp3) is 0.571. The lowest BCUT2D eigenvalue weighted by molar-refractivity contribution is 0.340. The van der Waals surface area contributed by atoms with Gasteiger partial charge in [0.05, 0.1) is 6.61 Å². The molecule has 1 rings (SSSR count). The van der Waals surface area contributed by atoms with Crippen LogP contribution in [0.3, 0.4) is 0 Å². The Balaban J connectivity index is 2.61. The first-order chi connectivity index (χ1) is 8.17. The van der Waals surface area contributed by atoms with E-state index in [4.69, 9.17) is 10.5 Å². The van der Waals surface area contributed by atoms with Gasteiger partial charge < -0.3 is 15.8 Å². The molecular weight excluding hydrogens is 212 g/mol. The van der Waals surface area contributed by atoms with E-state index >= 15 is 0 Å². The maximum atomic E-state index is 5.79. The summed E-state index contributed by atoms with van der Waals surface area (Å²) in [4.78, 5) is 0. The summed E-state index contributed by atoms with van der Waals surface area (Å²) in [6, 6.07) is 8.91. The van der Waals surface area contributed by atoms with E-state index in [-0.39, 0.29) is 6.04 Å². The van der Waals surface area contributed by atoms with Crippen molar-refractivity contribution in [1.82, 2.24) is 5.32 Å². The lowest BCUT2D eigenvalue weighted by atomic mass is 10.00. The second-order valence-corrected chi connectivity index (χ2v) is 4.40. The number of hydrogen-bond acceptors (Lipinski definition) is 3. The van der Waals surface area contributed by atoms with Gasteiger partial charge in [-0.05, 0) is 51.4 Å². The lowest BCUT2D eigenvalue weighted by Gasteiger charge is -2.18. The molecule has 0 radical (unpaired) electrons. The molecule has 3 nitrogen and oxygen atoms in total. The molecule has 96 valence electrons. The molecule has 0 fully saturated rings. The van der Waals surface area contributed by atoms with E-state index in [0.29, 0.717) is 12.6 Å². The van der Waals surface area contributed by atoms with Crippen LogP contribution >= 0.6 is 0 Å². The molecule has 2 unspecified atom stereocenters. The smallest absolute Gasteiger partial charge is 0.119 e. The monoisotopic (exact) mass is 236 g/mol. The van der Waals surface area contributed by atoms with Gasteiger partial charge in [0.25, 0.3) is 0 Å². The number of rotatable bonds is 7. The largest absolute Gasteiger partial charge is 0.494 e. The van der Waals surface area contributed by atoms with Crippen molar-refractivity contribution in [3.63, 3.8) is 0 Å². The molecular formula is C14H24N2O. The summed E-state index contributed by atoms with van der Waals surface area (Å²) in [7, 11) is 1.99. The Bertz CT molecular complexity index is 309. The van der Waals surface area contributed by atoms with Crippen LogP contribution in [-0.4, -0.2) is 19.7 Å². The van der Waals surface area contributed by atoms with Gasteiger partial charge in [0.1, 0.15) is 5.75 Å². The number of ether oxygens (including phenoxy) is 1. The lowest BCUT2D eigenvalue weighted by Crippen LogP contribution is -2.21. The highest BCUT2D eigenvalue weighted by Crippen LogP contribution is 2.21. The predicted molar refractivity (Wildman–Crippen MR) is 72.3 cm³/mol. The molecule has 0 saturated carbocycles. The van der Waals surface area contributed by atoms with Crippen molar-refractivity contribution in [2.75, 3.05) is 13.7 Å². The first kappa shape index (κ1) is 14.0. The third kappa shape index (κ3) is 4.75. The summed E-state index contributed by atoms with van der Waals surface area (Å²) in [5.74, 6) is 0.929. The fourth-order valence-corrected chi connectivity index (χ4v) is 1.87. The molecule has 0 spiro atoms. The van der Waals surface area contributed by atoms with E-state index in [1.54, 1.807) is 0 Å². The van der Waals surface area contributed by atoms with Crippen LogP contribution in [0.2, 0.25) is 0 Å². The number of nitrogens with two attached hydrogens (primary N) is 1. The molecule has 0 aliphatic carbocycles. The Hall–Kier alpha value is -1.06. The molecule has 3 N–H and O–H groups in total. The van der Waals surface area contributed by atoms with Crippen LogP contribution in [0.15, 0.2) is 24.3 Å². The van der Waals surface area contributed by atoms with Crippen molar-refractivity contribution in [1.29, 1.82) is 0 Å². The summed E-state index contributed by atoms with van der Waals surface area (Å²) in [6.07, 6.45) is 2.08. The topological polar surface area (TPSA) is 47.3 Å². The van der Waals surface area contributed by atoms with Crippen molar-refractivity contribution in [3.8, 4) is 5.75 Å². The highest BCUT2D eigenvalue weighted by atomic mass is 16.5. The molecule has 3 heteroatoms. The molecule has 0 saturated heterocycles. The second-order valence-electron chi connectivity index (χ2n) is 4.40. The van der Waals surface area contributed by atoms with Crippen molar-refractivity contribution in [2.24, 2.45) is 5.73 Å². The molecule has 0 aliphatic heterocycles. The molecule has 1 aromatic rings. The molecule has 0 aliphatic rings. The van der Waals surface area contributed by atoms with Crippen LogP contribution in [0.1, 0.15) is 38.3 Å². The Labute approximate surface area is 104 Å². The van der Waals surface area contributed by atoms with Gasteiger partial charge in [-0.15, -0.1) is 0 Å². The molecule has 0 amide bonds. The average Bonchev–Trinajstić information content (AvgIpc) is 2.32. The molecule has 0 aromatic heterocycles. The van der Waals surface area contributed by atoms with Gasteiger partial charge in [-0.25, -0.2) is 0 Å². The van der Waals surface area contributed by atoms with Crippen LogP contribution in [0, 0.1) is 0 Å². The third-order valence-corrected chi connectivity index (χ3v) is 2.85. The average molecular weight is 236 g/mol. The second kappa shape index (κ2) is 7.30. The van der Waals surface area contributed by atoms with E-state index < -0.39 is 0 Å². The van der Waals surface area contributed by atoms with Gasteiger partial charge in [0.2, 0.25) is 0 Å². The Morgan fingerprint density at radius 2 is 1.88 bits per heavy atom. The van der Waals surface area contributed by atoms with E-state index in [2.05, 4.69) is 17.4 Å². The minimum atomic E-state index is 0.258. The van der Waals surface area contributed by atoms with Crippen molar-refractivity contribution in [3.05, 3.63) is 29.8 Å². The standard InChI is InChI=1S/C14H24N2O/c1-4-17-13-8-6-12(7-9-13)14(16-3)10-5-11(2)15/h6-9,11,14,16H,4-5,10,15H2,1-3H3. The summed E-state index contributed by atoms with van der Waals surface area (Å²) in [6.45, 7) is 4.75. The minimum Gasteiger partial charge on any atom is -0.494 e. The first-order valence-electron chi connectivity index (χ1n) is 6.33. The maximum absolute atomic E-state index is 5.79. The SMILES string of the molecule is CCOc1ccc(C(CCC(C)N)NC)cc1. The fourth-order valence-electron chi connectivity index (χ4n) is 1.87. The van der Waals surface area contributed by atoms with Gasteiger partial charge in [0.15, 0.2) is 0 Å². The van der Waals surface area contributed by atoms with Gasteiger partial charge in [-0.2, -0.15) is 0 Å². The quantitative estimate of drug-likeness (QED) is 0.764. The van der Waals surface area contributed by atoms with Crippen molar-refractivity contribution >= 4 is 0 Å². The summed E-state index contributed by atoms with van der Waals surface area (Å²) in [5.41, 5.74) is 7.08. The zero-order chi connectivity index (χ0) is 12.7. The zero-order valence-electron chi connectivity index (χ0n) is 11.1. The molecule has 0 bridgehead atoms. The Morgan fingerprint density at radius 3 is 2.35 bits per heavy atom. The summed E-state index contributed by atoms with van der Waals surface area (Å²) in [5, 5.41) is 3.33. The molecule has 17 heavy (non-hydrogen) atoms. The van der Waals surface area contributed by atoms with Gasteiger partial charge in [-0.1, -0.05) is 12.1 Å². The van der Waals surface area contributed by atoms with Crippen LogP contribution < -0.4 is 15.8 Å². The van der Waals surface area contributed by atoms with Crippen LogP contribution in [0.25, 0.3) is 0 Å². The predicted octanol–water partition coefficient (Wildman–Crippen LogP) is 2.47. The van der Waals surface area contributed by atoms with E-state index in [0.717, 1.165) is 18.6 Å². The van der Waals surface area contributed by atoms with Crippen LogP contribution in [-0.2, 0) is 0 Å². The van der Waals surface area contributed by atoms with Gasteiger partial charge in [0, 0.05) is 12.1 Å². The highest BCUT2D eigenvalue weighted by Gasteiger charge is 2.09. The molecule has 2 atom stereocenters.